The molecule has 0 bridgehead atoms. The molecule has 1 aromatic rings. The zero-order valence-corrected chi connectivity index (χ0v) is 9.39. The van der Waals surface area contributed by atoms with Gasteiger partial charge in [-0.25, -0.2) is 4.79 Å². The Morgan fingerprint density at radius 2 is 1.75 bits per heavy atom. The van der Waals surface area contributed by atoms with Crippen LogP contribution in [0.5, 0.6) is 11.5 Å². The maximum absolute atomic E-state index is 10.4. The number of carbonyl (C=O) groups is 1. The lowest BCUT2D eigenvalue weighted by Crippen LogP contribution is -2.21. The van der Waals surface area contributed by atoms with Gasteiger partial charge in [0.05, 0.1) is 0 Å². The molecule has 0 atom stereocenters. The molecule has 1 N–H and O–H groups in total. The molecule has 0 saturated carbocycles. The van der Waals surface area contributed by atoms with Gasteiger partial charge in [-0.15, -0.1) is 0 Å². The van der Waals surface area contributed by atoms with Crippen LogP contribution in [0.25, 0.3) is 0 Å². The minimum atomic E-state index is -1.40. The molecular weight excluding hydrogens is 212 g/mol. The van der Waals surface area contributed by atoms with Crippen molar-refractivity contribution in [3.05, 3.63) is 24.3 Å². The SMILES string of the molecule is CC(C)(C)OOc1ccccc1OC(=O)O. The number of hydrogen-bond acceptors (Lipinski definition) is 4. The minimum absolute atomic E-state index is 0.0965. The molecule has 0 saturated heterocycles. The van der Waals surface area contributed by atoms with Gasteiger partial charge in [0, 0.05) is 0 Å². The van der Waals surface area contributed by atoms with Crippen LogP contribution in [0.1, 0.15) is 20.8 Å². The molecule has 0 fully saturated rings. The maximum Gasteiger partial charge on any atom is 0.511 e. The van der Waals surface area contributed by atoms with Crippen molar-refractivity contribution in [1.29, 1.82) is 0 Å². The lowest BCUT2D eigenvalue weighted by molar-refractivity contribution is -0.275. The van der Waals surface area contributed by atoms with Crippen LogP contribution in [0.3, 0.4) is 0 Å². The first-order valence-corrected chi connectivity index (χ1v) is 4.74. The second-order valence-electron chi connectivity index (χ2n) is 4.09. The average molecular weight is 226 g/mol. The van der Waals surface area contributed by atoms with Gasteiger partial charge in [0.2, 0.25) is 5.75 Å². The highest BCUT2D eigenvalue weighted by atomic mass is 17.2. The molecule has 0 aliphatic rings. The third-order valence-corrected chi connectivity index (χ3v) is 1.43. The van der Waals surface area contributed by atoms with Crippen LogP contribution in [-0.2, 0) is 4.89 Å². The van der Waals surface area contributed by atoms with Crippen molar-refractivity contribution in [2.24, 2.45) is 0 Å². The van der Waals surface area contributed by atoms with Gasteiger partial charge in [-0.1, -0.05) is 12.1 Å². The lowest BCUT2D eigenvalue weighted by Gasteiger charge is -2.18. The highest BCUT2D eigenvalue weighted by Crippen LogP contribution is 2.27. The Bertz CT molecular complexity index is 367. The first-order chi connectivity index (χ1) is 7.38. The van der Waals surface area contributed by atoms with E-state index < -0.39 is 11.8 Å². The predicted octanol–water partition coefficient (Wildman–Crippen LogP) is 2.85. The van der Waals surface area contributed by atoms with Crippen molar-refractivity contribution in [3.8, 4) is 11.5 Å². The standard InChI is InChI=1S/C11H14O5/c1-11(2,3)16-15-9-7-5-4-6-8(9)14-10(12)13/h4-7H,1-3H3,(H,12,13). The largest absolute Gasteiger partial charge is 0.511 e. The Kier molecular flexibility index (Phi) is 3.73. The number of benzene rings is 1. The number of carboxylic acid groups (broad SMARTS) is 1. The molecule has 0 unspecified atom stereocenters. The zero-order chi connectivity index (χ0) is 12.2. The molecule has 0 amide bonds. The molecule has 1 aromatic carbocycles. The van der Waals surface area contributed by atoms with Crippen molar-refractivity contribution in [3.63, 3.8) is 0 Å². The van der Waals surface area contributed by atoms with Crippen LogP contribution in [0.4, 0.5) is 4.79 Å². The molecule has 0 spiro atoms. The van der Waals surface area contributed by atoms with Crippen LogP contribution < -0.4 is 9.62 Å². The first-order valence-electron chi connectivity index (χ1n) is 4.74. The van der Waals surface area contributed by atoms with Crippen LogP contribution in [0.15, 0.2) is 24.3 Å². The van der Waals surface area contributed by atoms with E-state index in [4.69, 9.17) is 14.9 Å². The maximum atomic E-state index is 10.4. The summed E-state index contributed by atoms with van der Waals surface area (Å²) in [5.74, 6) is 0.319. The van der Waals surface area contributed by atoms with E-state index in [1.165, 1.54) is 6.07 Å². The van der Waals surface area contributed by atoms with Crippen molar-refractivity contribution >= 4 is 6.16 Å². The molecule has 1 rings (SSSR count). The van der Waals surface area contributed by atoms with Gasteiger partial charge in [-0.2, -0.15) is 4.89 Å². The average Bonchev–Trinajstić information content (AvgIpc) is 2.14. The summed E-state index contributed by atoms with van der Waals surface area (Å²) >= 11 is 0. The Morgan fingerprint density at radius 3 is 2.25 bits per heavy atom. The molecule has 5 heteroatoms. The first kappa shape index (κ1) is 12.3. The molecular formula is C11H14O5. The van der Waals surface area contributed by atoms with Gasteiger partial charge in [0.15, 0.2) is 5.75 Å². The fourth-order valence-corrected chi connectivity index (χ4v) is 0.867. The Balaban J connectivity index is 2.75. The molecule has 16 heavy (non-hydrogen) atoms. The summed E-state index contributed by atoms with van der Waals surface area (Å²) in [5, 5.41) is 8.50. The van der Waals surface area contributed by atoms with Crippen LogP contribution in [0.2, 0.25) is 0 Å². The molecule has 0 aliphatic heterocycles. The predicted molar refractivity (Wildman–Crippen MR) is 56.6 cm³/mol. The van der Waals surface area contributed by atoms with E-state index in [1.54, 1.807) is 18.2 Å². The normalized spacial score (nSPS) is 10.9. The van der Waals surface area contributed by atoms with E-state index in [1.807, 2.05) is 20.8 Å². The lowest BCUT2D eigenvalue weighted by atomic mass is 10.2. The summed E-state index contributed by atoms with van der Waals surface area (Å²) in [6, 6.07) is 6.37. The minimum Gasteiger partial charge on any atom is -0.449 e. The topological polar surface area (TPSA) is 65.0 Å². The summed E-state index contributed by atoms with van der Waals surface area (Å²) in [4.78, 5) is 20.5. The highest BCUT2D eigenvalue weighted by Gasteiger charge is 2.15. The van der Waals surface area contributed by atoms with E-state index >= 15 is 0 Å². The van der Waals surface area contributed by atoms with Crippen molar-refractivity contribution in [2.45, 2.75) is 26.4 Å². The fraction of sp³-hybridized carbons (Fsp3) is 0.364. The van der Waals surface area contributed by atoms with E-state index in [0.29, 0.717) is 0 Å². The van der Waals surface area contributed by atoms with Gasteiger partial charge in [0.1, 0.15) is 5.60 Å². The van der Waals surface area contributed by atoms with E-state index in [-0.39, 0.29) is 11.5 Å². The smallest absolute Gasteiger partial charge is 0.449 e. The zero-order valence-electron chi connectivity index (χ0n) is 9.39. The third-order valence-electron chi connectivity index (χ3n) is 1.43. The number of hydrogen-bond donors (Lipinski definition) is 1. The Hall–Kier alpha value is -1.75. The second kappa shape index (κ2) is 4.85. The third kappa shape index (κ3) is 4.18. The van der Waals surface area contributed by atoms with E-state index in [2.05, 4.69) is 4.74 Å². The summed E-state index contributed by atoms with van der Waals surface area (Å²) in [6.45, 7) is 5.44. The molecule has 0 radical (unpaired) electrons. The second-order valence-corrected chi connectivity index (χ2v) is 4.09. The Labute approximate surface area is 93.5 Å². The monoisotopic (exact) mass is 226 g/mol. The molecule has 88 valence electrons. The number of ether oxygens (including phenoxy) is 1. The summed E-state index contributed by atoms with van der Waals surface area (Å²) < 4.78 is 4.52. The van der Waals surface area contributed by atoms with Gasteiger partial charge in [0.25, 0.3) is 0 Å². The molecule has 0 heterocycles. The number of rotatable bonds is 3. The van der Waals surface area contributed by atoms with E-state index in [0.717, 1.165) is 0 Å². The molecule has 5 nitrogen and oxygen atoms in total. The van der Waals surface area contributed by atoms with Crippen LogP contribution >= 0.6 is 0 Å². The highest BCUT2D eigenvalue weighted by molar-refractivity contribution is 5.62. The Morgan fingerprint density at radius 1 is 1.19 bits per heavy atom. The number of para-hydroxylation sites is 2. The quantitative estimate of drug-likeness (QED) is 0.371. The van der Waals surface area contributed by atoms with Crippen molar-refractivity contribution in [2.75, 3.05) is 0 Å². The van der Waals surface area contributed by atoms with Gasteiger partial charge in [-0.05, 0) is 32.9 Å². The summed E-state index contributed by atoms with van der Waals surface area (Å²) in [7, 11) is 0. The fourth-order valence-electron chi connectivity index (χ4n) is 0.867. The van der Waals surface area contributed by atoms with Gasteiger partial charge in [-0.3, -0.25) is 0 Å². The van der Waals surface area contributed by atoms with Gasteiger partial charge < -0.3 is 14.7 Å². The molecule has 0 aliphatic carbocycles. The van der Waals surface area contributed by atoms with Crippen molar-refractivity contribution in [1.82, 2.24) is 0 Å². The summed E-state index contributed by atoms with van der Waals surface area (Å²) in [6.07, 6.45) is -1.40. The van der Waals surface area contributed by atoms with E-state index in [9.17, 15) is 4.79 Å². The van der Waals surface area contributed by atoms with Crippen LogP contribution in [0, 0.1) is 0 Å². The molecule has 0 aromatic heterocycles. The van der Waals surface area contributed by atoms with Crippen LogP contribution in [-0.4, -0.2) is 16.9 Å². The van der Waals surface area contributed by atoms with Gasteiger partial charge >= 0.3 is 6.16 Å². The summed E-state index contributed by atoms with van der Waals surface area (Å²) in [5.41, 5.74) is -0.490. The van der Waals surface area contributed by atoms with Crippen molar-refractivity contribution < 1.29 is 24.4 Å².